The highest BCUT2D eigenvalue weighted by Crippen LogP contribution is 2.41. The molecule has 0 atom stereocenters. The first-order valence-electron chi connectivity index (χ1n) is 7.64. The van der Waals surface area contributed by atoms with Crippen molar-refractivity contribution in [2.45, 2.75) is 24.8 Å². The molecule has 1 aromatic carbocycles. The van der Waals surface area contributed by atoms with Gasteiger partial charge in [-0.05, 0) is 42.7 Å². The van der Waals surface area contributed by atoms with E-state index in [0.717, 1.165) is 29.9 Å². The second kappa shape index (κ2) is 6.17. The van der Waals surface area contributed by atoms with Gasteiger partial charge in [-0.15, -0.1) is 0 Å². The van der Waals surface area contributed by atoms with Crippen molar-refractivity contribution < 1.29 is 9.53 Å². The summed E-state index contributed by atoms with van der Waals surface area (Å²) in [4.78, 5) is 14.2. The van der Waals surface area contributed by atoms with Gasteiger partial charge in [-0.25, -0.2) is 0 Å². The van der Waals surface area contributed by atoms with Crippen molar-refractivity contribution in [1.82, 2.24) is 10.2 Å². The Morgan fingerprint density at radius 3 is 2.91 bits per heavy atom. The van der Waals surface area contributed by atoms with E-state index in [4.69, 9.17) is 4.74 Å². The van der Waals surface area contributed by atoms with Gasteiger partial charge >= 0.3 is 0 Å². The van der Waals surface area contributed by atoms with E-state index in [1.54, 1.807) is 7.11 Å². The van der Waals surface area contributed by atoms with Gasteiger partial charge in [-0.2, -0.15) is 5.26 Å². The molecule has 1 heterocycles. The van der Waals surface area contributed by atoms with Crippen LogP contribution in [0.2, 0.25) is 0 Å². The summed E-state index contributed by atoms with van der Waals surface area (Å²) < 4.78 is 5.16. The number of rotatable bonds is 5. The van der Waals surface area contributed by atoms with E-state index in [0.29, 0.717) is 13.0 Å². The normalized spacial score (nSPS) is 17.9. The van der Waals surface area contributed by atoms with E-state index in [1.165, 1.54) is 0 Å². The molecule has 0 unspecified atom stereocenters. The number of nitriles is 1. The van der Waals surface area contributed by atoms with Crippen molar-refractivity contribution in [3.8, 4) is 11.8 Å². The van der Waals surface area contributed by atoms with Crippen LogP contribution in [-0.2, 0) is 11.2 Å². The van der Waals surface area contributed by atoms with Gasteiger partial charge in [0.05, 0.1) is 19.6 Å². The largest absolute Gasteiger partial charge is 0.497 e. The molecule has 1 aromatic rings. The number of carbonyl (C=O) groups excluding carboxylic acids is 1. The van der Waals surface area contributed by atoms with Crippen LogP contribution in [0.1, 0.15) is 18.4 Å². The number of nitrogens with one attached hydrogen (secondary N) is 1. The number of amides is 1. The monoisotopic (exact) mass is 309 g/mol. The Hall–Kier alpha value is -2.74. The van der Waals surface area contributed by atoms with Crippen LogP contribution in [0.15, 0.2) is 48.3 Å². The Morgan fingerprint density at radius 2 is 2.30 bits per heavy atom. The average Bonchev–Trinajstić information content (AvgIpc) is 3.37. The van der Waals surface area contributed by atoms with Crippen molar-refractivity contribution >= 4 is 5.91 Å². The summed E-state index contributed by atoms with van der Waals surface area (Å²) in [6.07, 6.45) is 7.83. The Morgan fingerprint density at radius 1 is 1.48 bits per heavy atom. The first-order chi connectivity index (χ1) is 11.1. The van der Waals surface area contributed by atoms with Crippen molar-refractivity contribution in [2.24, 2.45) is 0 Å². The molecule has 2 aliphatic rings. The number of hydrogen-bond donors (Lipinski definition) is 1. The summed E-state index contributed by atoms with van der Waals surface area (Å²) in [5, 5.41) is 12.1. The standard InChI is InChI=1S/C18H19N3O2/c1-23-16-4-2-3-14(11-16)12-17(22)20-15-5-9-21(10-6-15)18(13-19)7-8-18/h2-6,9,11H,7-8,10,12H2,1H3,(H,20,22). The van der Waals surface area contributed by atoms with E-state index in [2.05, 4.69) is 11.4 Å². The lowest BCUT2D eigenvalue weighted by Crippen LogP contribution is -2.35. The lowest BCUT2D eigenvalue weighted by molar-refractivity contribution is -0.119. The predicted molar refractivity (Wildman–Crippen MR) is 86.3 cm³/mol. The number of methoxy groups -OCH3 is 1. The molecule has 1 N–H and O–H groups in total. The third kappa shape index (κ3) is 3.37. The molecule has 1 aliphatic carbocycles. The molecule has 118 valence electrons. The first-order valence-corrected chi connectivity index (χ1v) is 7.64. The number of carbonyl (C=O) groups is 1. The molecule has 0 bridgehead atoms. The lowest BCUT2D eigenvalue weighted by atomic mass is 10.1. The van der Waals surface area contributed by atoms with E-state index in [-0.39, 0.29) is 11.4 Å². The number of allylic oxidation sites excluding steroid dienone is 1. The number of ether oxygens (including phenoxy) is 1. The zero-order chi connectivity index (χ0) is 16.3. The van der Waals surface area contributed by atoms with Crippen LogP contribution in [-0.4, -0.2) is 30.0 Å². The van der Waals surface area contributed by atoms with Gasteiger partial charge in [0.1, 0.15) is 11.3 Å². The number of hydrogen-bond acceptors (Lipinski definition) is 4. The molecular weight excluding hydrogens is 290 g/mol. The summed E-state index contributed by atoms with van der Waals surface area (Å²) in [5.41, 5.74) is 1.37. The highest BCUT2D eigenvalue weighted by atomic mass is 16.5. The van der Waals surface area contributed by atoms with Crippen molar-refractivity contribution in [3.63, 3.8) is 0 Å². The molecule has 0 spiro atoms. The Kier molecular flexibility index (Phi) is 4.07. The van der Waals surface area contributed by atoms with Crippen molar-refractivity contribution in [3.05, 3.63) is 53.9 Å². The van der Waals surface area contributed by atoms with Gasteiger partial charge in [0, 0.05) is 18.4 Å². The predicted octanol–water partition coefficient (Wildman–Crippen LogP) is 2.12. The minimum absolute atomic E-state index is 0.0657. The molecule has 0 aromatic heterocycles. The van der Waals surface area contributed by atoms with E-state index < -0.39 is 0 Å². The summed E-state index contributed by atoms with van der Waals surface area (Å²) >= 11 is 0. The fourth-order valence-electron chi connectivity index (χ4n) is 2.66. The van der Waals surface area contributed by atoms with Gasteiger partial charge in [0.15, 0.2) is 0 Å². The van der Waals surface area contributed by atoms with Crippen LogP contribution in [0.4, 0.5) is 0 Å². The van der Waals surface area contributed by atoms with Gasteiger partial charge in [0.2, 0.25) is 5.91 Å². The third-order valence-corrected chi connectivity index (χ3v) is 4.21. The summed E-state index contributed by atoms with van der Waals surface area (Å²) in [6.45, 7) is 0.652. The van der Waals surface area contributed by atoms with Crippen LogP contribution in [0.25, 0.3) is 0 Å². The molecule has 1 saturated carbocycles. The molecule has 23 heavy (non-hydrogen) atoms. The molecular formula is C18H19N3O2. The fourth-order valence-corrected chi connectivity index (χ4v) is 2.66. The van der Waals surface area contributed by atoms with Crippen LogP contribution in [0, 0.1) is 11.3 Å². The van der Waals surface area contributed by atoms with Gasteiger partial charge < -0.3 is 15.0 Å². The maximum absolute atomic E-state index is 12.1. The summed E-state index contributed by atoms with van der Waals surface area (Å²) in [5.74, 6) is 0.679. The molecule has 5 heteroatoms. The Labute approximate surface area is 135 Å². The second-order valence-electron chi connectivity index (χ2n) is 5.85. The quantitative estimate of drug-likeness (QED) is 0.905. The number of benzene rings is 1. The smallest absolute Gasteiger partial charge is 0.228 e. The Bertz CT molecular complexity index is 711. The van der Waals surface area contributed by atoms with E-state index in [1.807, 2.05) is 47.5 Å². The maximum atomic E-state index is 12.1. The molecule has 1 aliphatic heterocycles. The van der Waals surface area contributed by atoms with E-state index >= 15 is 0 Å². The topological polar surface area (TPSA) is 65.4 Å². The highest BCUT2D eigenvalue weighted by Gasteiger charge is 2.47. The minimum atomic E-state index is -0.316. The third-order valence-electron chi connectivity index (χ3n) is 4.21. The molecule has 1 fully saturated rings. The molecule has 0 saturated heterocycles. The lowest BCUT2D eigenvalue weighted by Gasteiger charge is -2.27. The van der Waals surface area contributed by atoms with E-state index in [9.17, 15) is 10.1 Å². The molecule has 3 rings (SSSR count). The van der Waals surface area contributed by atoms with Crippen LogP contribution >= 0.6 is 0 Å². The minimum Gasteiger partial charge on any atom is -0.497 e. The molecule has 5 nitrogen and oxygen atoms in total. The van der Waals surface area contributed by atoms with Crippen LogP contribution in [0.5, 0.6) is 5.75 Å². The average molecular weight is 309 g/mol. The van der Waals surface area contributed by atoms with Gasteiger partial charge in [-0.1, -0.05) is 12.1 Å². The zero-order valence-electron chi connectivity index (χ0n) is 13.1. The van der Waals surface area contributed by atoms with Gasteiger partial charge in [-0.3, -0.25) is 4.79 Å². The fraction of sp³-hybridized carbons (Fsp3) is 0.333. The molecule has 0 radical (unpaired) electrons. The highest BCUT2D eigenvalue weighted by molar-refractivity contribution is 5.80. The van der Waals surface area contributed by atoms with Crippen molar-refractivity contribution in [1.29, 1.82) is 5.26 Å². The SMILES string of the molecule is COc1cccc(CC(=O)NC2=CCN(C3(C#N)CC3)C=C2)c1. The molecule has 1 amide bonds. The van der Waals surface area contributed by atoms with Crippen molar-refractivity contribution in [2.75, 3.05) is 13.7 Å². The first kappa shape index (κ1) is 15.2. The second-order valence-corrected chi connectivity index (χ2v) is 5.85. The number of nitrogens with zero attached hydrogens (tertiary/aromatic N) is 2. The summed E-state index contributed by atoms with van der Waals surface area (Å²) in [7, 11) is 1.61. The maximum Gasteiger partial charge on any atom is 0.228 e. The zero-order valence-corrected chi connectivity index (χ0v) is 13.1. The van der Waals surface area contributed by atoms with Crippen LogP contribution in [0.3, 0.4) is 0 Å². The summed E-state index contributed by atoms with van der Waals surface area (Å²) in [6, 6.07) is 9.85. The van der Waals surface area contributed by atoms with Crippen LogP contribution < -0.4 is 10.1 Å². The van der Waals surface area contributed by atoms with Gasteiger partial charge in [0.25, 0.3) is 0 Å². The Balaban J connectivity index is 1.55.